The third-order valence-corrected chi connectivity index (χ3v) is 4.08. The number of carbonyl (C=O) groups is 2. The molecule has 1 fully saturated rings. The number of piperidine rings is 1. The fraction of sp³-hybridized carbons (Fsp3) is 0.500. The molecule has 114 valence electrons. The maximum atomic E-state index is 12.0. The van der Waals surface area contributed by atoms with Crippen LogP contribution in [0.2, 0.25) is 0 Å². The lowest BCUT2D eigenvalue weighted by molar-refractivity contribution is -0.142. The standard InChI is InChI=1S/C14H18BrN3O3/c1-9(14(20)21)17-13(19)10-2-4-18(5-3-10)12-6-11(15)7-16-8-12/h6-10H,2-5H2,1H3,(H,17,19)(H,20,21). The van der Waals surface area contributed by atoms with E-state index < -0.39 is 12.0 Å². The highest BCUT2D eigenvalue weighted by atomic mass is 79.9. The van der Waals surface area contributed by atoms with E-state index in [4.69, 9.17) is 5.11 Å². The lowest BCUT2D eigenvalue weighted by atomic mass is 9.95. The van der Waals surface area contributed by atoms with Crippen molar-refractivity contribution in [1.82, 2.24) is 10.3 Å². The van der Waals surface area contributed by atoms with Gasteiger partial charge >= 0.3 is 5.97 Å². The summed E-state index contributed by atoms with van der Waals surface area (Å²) in [5.41, 5.74) is 1.03. The highest BCUT2D eigenvalue weighted by Gasteiger charge is 2.27. The Morgan fingerprint density at radius 2 is 2.10 bits per heavy atom. The number of aromatic nitrogens is 1. The zero-order valence-corrected chi connectivity index (χ0v) is 13.3. The molecule has 1 unspecified atom stereocenters. The van der Waals surface area contributed by atoms with Crippen molar-refractivity contribution in [3.8, 4) is 0 Å². The molecule has 0 aromatic carbocycles. The number of carboxylic acids is 1. The van der Waals surface area contributed by atoms with Gasteiger partial charge in [-0.3, -0.25) is 14.6 Å². The minimum absolute atomic E-state index is 0.122. The number of hydrogen-bond donors (Lipinski definition) is 2. The average Bonchev–Trinajstić information content (AvgIpc) is 2.47. The number of halogens is 1. The van der Waals surface area contributed by atoms with Crippen LogP contribution in [0.4, 0.5) is 5.69 Å². The van der Waals surface area contributed by atoms with E-state index in [9.17, 15) is 9.59 Å². The number of anilines is 1. The lowest BCUT2D eigenvalue weighted by Gasteiger charge is -2.33. The summed E-state index contributed by atoms with van der Waals surface area (Å²) >= 11 is 3.40. The zero-order chi connectivity index (χ0) is 15.4. The van der Waals surface area contributed by atoms with Gasteiger partial charge in [-0.25, -0.2) is 0 Å². The first-order chi connectivity index (χ1) is 9.97. The van der Waals surface area contributed by atoms with Gasteiger partial charge in [0.1, 0.15) is 6.04 Å². The predicted octanol–water partition coefficient (Wildman–Crippen LogP) is 1.65. The van der Waals surface area contributed by atoms with Crippen LogP contribution in [0.25, 0.3) is 0 Å². The van der Waals surface area contributed by atoms with E-state index in [1.54, 1.807) is 12.4 Å². The Morgan fingerprint density at radius 1 is 1.43 bits per heavy atom. The topological polar surface area (TPSA) is 82.5 Å². The van der Waals surface area contributed by atoms with Gasteiger partial charge < -0.3 is 15.3 Å². The molecule has 1 aromatic heterocycles. The minimum Gasteiger partial charge on any atom is -0.480 e. The highest BCUT2D eigenvalue weighted by Crippen LogP contribution is 2.24. The Kier molecular flexibility index (Phi) is 5.17. The number of hydrogen-bond acceptors (Lipinski definition) is 4. The first-order valence-corrected chi connectivity index (χ1v) is 7.65. The van der Waals surface area contributed by atoms with Crippen molar-refractivity contribution in [2.75, 3.05) is 18.0 Å². The van der Waals surface area contributed by atoms with Crippen LogP contribution in [-0.4, -0.2) is 41.1 Å². The second-order valence-electron chi connectivity index (χ2n) is 5.19. The van der Waals surface area contributed by atoms with Crippen molar-refractivity contribution in [1.29, 1.82) is 0 Å². The van der Waals surface area contributed by atoms with Crippen LogP contribution in [-0.2, 0) is 9.59 Å². The van der Waals surface area contributed by atoms with Crippen molar-refractivity contribution in [2.24, 2.45) is 5.92 Å². The molecular formula is C14H18BrN3O3. The van der Waals surface area contributed by atoms with E-state index in [0.717, 1.165) is 23.2 Å². The summed E-state index contributed by atoms with van der Waals surface area (Å²) < 4.78 is 0.926. The van der Waals surface area contributed by atoms with Crippen molar-refractivity contribution >= 4 is 33.5 Å². The van der Waals surface area contributed by atoms with E-state index in [1.807, 2.05) is 6.07 Å². The molecule has 2 heterocycles. The molecule has 0 spiro atoms. The molecular weight excluding hydrogens is 338 g/mol. The minimum atomic E-state index is -1.01. The molecule has 0 bridgehead atoms. The number of nitrogens with one attached hydrogen (secondary N) is 1. The fourth-order valence-corrected chi connectivity index (χ4v) is 2.72. The van der Waals surface area contributed by atoms with E-state index in [0.29, 0.717) is 12.8 Å². The molecule has 6 nitrogen and oxygen atoms in total. The molecule has 1 saturated heterocycles. The van der Waals surface area contributed by atoms with Crippen molar-refractivity contribution in [2.45, 2.75) is 25.8 Å². The van der Waals surface area contributed by atoms with Gasteiger partial charge in [-0.2, -0.15) is 0 Å². The molecule has 1 aliphatic heterocycles. The Labute approximate surface area is 131 Å². The third kappa shape index (κ3) is 4.17. The molecule has 1 aliphatic rings. The smallest absolute Gasteiger partial charge is 0.325 e. The van der Waals surface area contributed by atoms with Crippen molar-refractivity contribution in [3.05, 3.63) is 22.9 Å². The quantitative estimate of drug-likeness (QED) is 0.857. The average molecular weight is 356 g/mol. The predicted molar refractivity (Wildman–Crippen MR) is 82.1 cm³/mol. The highest BCUT2D eigenvalue weighted by molar-refractivity contribution is 9.10. The number of amides is 1. The monoisotopic (exact) mass is 355 g/mol. The van der Waals surface area contributed by atoms with Gasteiger partial charge in [0.15, 0.2) is 0 Å². The van der Waals surface area contributed by atoms with Gasteiger partial charge in [0.2, 0.25) is 5.91 Å². The van der Waals surface area contributed by atoms with E-state index in [1.165, 1.54) is 6.92 Å². The van der Waals surface area contributed by atoms with Crippen LogP contribution in [0.15, 0.2) is 22.9 Å². The first-order valence-electron chi connectivity index (χ1n) is 6.86. The summed E-state index contributed by atoms with van der Waals surface area (Å²) in [5.74, 6) is -1.30. The second kappa shape index (κ2) is 6.89. The molecule has 0 saturated carbocycles. The van der Waals surface area contributed by atoms with Crippen LogP contribution in [0.3, 0.4) is 0 Å². The summed E-state index contributed by atoms with van der Waals surface area (Å²) in [5, 5.41) is 11.3. The van der Waals surface area contributed by atoms with Crippen LogP contribution < -0.4 is 10.2 Å². The molecule has 21 heavy (non-hydrogen) atoms. The first kappa shape index (κ1) is 15.8. The van der Waals surface area contributed by atoms with Crippen molar-refractivity contribution in [3.63, 3.8) is 0 Å². The summed E-state index contributed by atoms with van der Waals surface area (Å²) in [6.45, 7) is 3.00. The van der Waals surface area contributed by atoms with Gasteiger partial charge in [-0.1, -0.05) is 0 Å². The molecule has 2 N–H and O–H groups in total. The van der Waals surface area contributed by atoms with Crippen LogP contribution in [0.1, 0.15) is 19.8 Å². The maximum absolute atomic E-state index is 12.0. The molecule has 0 aliphatic carbocycles. The third-order valence-electron chi connectivity index (χ3n) is 3.65. The Bertz CT molecular complexity index is 530. The second-order valence-corrected chi connectivity index (χ2v) is 6.11. The van der Waals surface area contributed by atoms with Crippen LogP contribution in [0, 0.1) is 5.92 Å². The van der Waals surface area contributed by atoms with E-state index >= 15 is 0 Å². The molecule has 7 heteroatoms. The Morgan fingerprint density at radius 3 is 2.67 bits per heavy atom. The zero-order valence-electron chi connectivity index (χ0n) is 11.8. The number of pyridine rings is 1. The summed E-state index contributed by atoms with van der Waals surface area (Å²) in [7, 11) is 0. The van der Waals surface area contributed by atoms with Gasteiger partial charge in [0.25, 0.3) is 0 Å². The normalized spacial score (nSPS) is 17.3. The maximum Gasteiger partial charge on any atom is 0.325 e. The summed E-state index contributed by atoms with van der Waals surface area (Å²) in [6, 6.07) is 1.16. The van der Waals surface area contributed by atoms with E-state index in [2.05, 4.69) is 31.1 Å². The van der Waals surface area contributed by atoms with Crippen molar-refractivity contribution < 1.29 is 14.7 Å². The number of nitrogens with zero attached hydrogens (tertiary/aromatic N) is 2. The van der Waals surface area contributed by atoms with E-state index in [-0.39, 0.29) is 11.8 Å². The summed E-state index contributed by atoms with van der Waals surface area (Å²) in [6.07, 6.45) is 4.96. The number of carbonyl (C=O) groups excluding carboxylic acids is 1. The number of carboxylic acid groups (broad SMARTS) is 1. The Balaban J connectivity index is 1.88. The Hall–Kier alpha value is -1.63. The molecule has 0 radical (unpaired) electrons. The van der Waals surface area contributed by atoms with Gasteiger partial charge in [-0.15, -0.1) is 0 Å². The summed E-state index contributed by atoms with van der Waals surface area (Å²) in [4.78, 5) is 29.1. The largest absolute Gasteiger partial charge is 0.480 e. The molecule has 2 rings (SSSR count). The van der Waals surface area contributed by atoms with Gasteiger partial charge in [0.05, 0.1) is 11.9 Å². The SMILES string of the molecule is CC(NC(=O)C1CCN(c2cncc(Br)c2)CC1)C(=O)O. The van der Waals surface area contributed by atoms with Crippen LogP contribution in [0.5, 0.6) is 0 Å². The molecule has 1 amide bonds. The molecule has 1 atom stereocenters. The van der Waals surface area contributed by atoms with Gasteiger partial charge in [-0.05, 0) is 41.8 Å². The van der Waals surface area contributed by atoms with Crippen LogP contribution >= 0.6 is 15.9 Å². The molecule has 1 aromatic rings. The lowest BCUT2D eigenvalue weighted by Crippen LogP contribution is -2.45. The fourth-order valence-electron chi connectivity index (χ4n) is 2.37. The number of aliphatic carboxylic acids is 1. The van der Waals surface area contributed by atoms with Gasteiger partial charge in [0, 0.05) is 29.7 Å². The number of rotatable bonds is 4.